The monoisotopic (exact) mass is 379 g/mol. The van der Waals surface area contributed by atoms with Gasteiger partial charge in [0.2, 0.25) is 5.92 Å². The van der Waals surface area contributed by atoms with E-state index in [1.165, 1.54) is 0 Å². The van der Waals surface area contributed by atoms with Gasteiger partial charge in [-0.15, -0.1) is 0 Å². The minimum atomic E-state index is -2.58. The van der Waals surface area contributed by atoms with Gasteiger partial charge in [-0.2, -0.15) is 0 Å². The topological polar surface area (TPSA) is 44.4 Å². The number of amides is 1. The van der Waals surface area contributed by atoms with Crippen molar-refractivity contribution in [1.82, 2.24) is 10.6 Å². The number of nitrogens with one attached hydrogen (secondary N) is 2. The number of halogens is 2. The van der Waals surface area contributed by atoms with Crippen LogP contribution in [0.2, 0.25) is 0 Å². The van der Waals surface area contributed by atoms with Crippen molar-refractivity contribution in [2.75, 3.05) is 31.1 Å². The highest BCUT2D eigenvalue weighted by Crippen LogP contribution is 2.33. The van der Waals surface area contributed by atoms with Gasteiger partial charge in [-0.25, -0.2) is 8.78 Å². The summed E-state index contributed by atoms with van der Waals surface area (Å²) in [7, 11) is 0. The molecule has 0 unspecified atom stereocenters. The van der Waals surface area contributed by atoms with Crippen LogP contribution in [-0.4, -0.2) is 44.1 Å². The first-order chi connectivity index (χ1) is 12.6. The first-order valence-corrected chi connectivity index (χ1v) is 9.94. The number of hydrogen-bond acceptors (Lipinski definition) is 3. The zero-order valence-electron chi connectivity index (χ0n) is 16.6. The summed E-state index contributed by atoms with van der Waals surface area (Å²) in [6.45, 7) is 10.1. The second-order valence-electron chi connectivity index (χ2n) is 8.86. The van der Waals surface area contributed by atoms with Crippen LogP contribution in [0.3, 0.4) is 0 Å². The molecule has 1 aliphatic carbocycles. The van der Waals surface area contributed by atoms with E-state index in [0.717, 1.165) is 37.4 Å². The lowest BCUT2D eigenvalue weighted by Gasteiger charge is -2.32. The molecule has 1 amide bonds. The number of hydrogen-bond donors (Lipinski definition) is 2. The maximum atomic E-state index is 13.4. The van der Waals surface area contributed by atoms with E-state index in [2.05, 4.69) is 42.4 Å². The molecule has 2 N–H and O–H groups in total. The minimum Gasteiger partial charge on any atom is -0.369 e. The van der Waals surface area contributed by atoms with E-state index in [0.29, 0.717) is 18.4 Å². The lowest BCUT2D eigenvalue weighted by Crippen LogP contribution is -2.44. The van der Waals surface area contributed by atoms with Crippen LogP contribution in [0.4, 0.5) is 14.5 Å². The normalized spacial score (nSPS) is 21.1. The van der Waals surface area contributed by atoms with Gasteiger partial charge in [0, 0.05) is 56.3 Å². The lowest BCUT2D eigenvalue weighted by atomic mass is 9.85. The van der Waals surface area contributed by atoms with E-state index in [-0.39, 0.29) is 30.2 Å². The molecular formula is C21H31F2N3O. The number of piperazine rings is 1. The fraction of sp³-hybridized carbons (Fsp3) is 0.667. The van der Waals surface area contributed by atoms with Gasteiger partial charge in [0.15, 0.2) is 0 Å². The van der Waals surface area contributed by atoms with Crippen LogP contribution >= 0.6 is 0 Å². The Morgan fingerprint density at radius 2 is 1.78 bits per heavy atom. The largest absolute Gasteiger partial charge is 0.369 e. The van der Waals surface area contributed by atoms with Crippen LogP contribution in [-0.2, 0) is 5.41 Å². The van der Waals surface area contributed by atoms with E-state index >= 15 is 0 Å². The first-order valence-electron chi connectivity index (χ1n) is 9.94. The van der Waals surface area contributed by atoms with E-state index in [1.807, 2.05) is 12.1 Å². The maximum absolute atomic E-state index is 13.4. The van der Waals surface area contributed by atoms with E-state index < -0.39 is 5.92 Å². The highest BCUT2D eigenvalue weighted by Gasteiger charge is 2.35. The molecule has 150 valence electrons. The van der Waals surface area contributed by atoms with E-state index in [9.17, 15) is 13.6 Å². The summed E-state index contributed by atoms with van der Waals surface area (Å²) in [4.78, 5) is 15.2. The fourth-order valence-electron chi connectivity index (χ4n) is 3.73. The van der Waals surface area contributed by atoms with Gasteiger partial charge in [0.1, 0.15) is 0 Å². The zero-order valence-corrected chi connectivity index (χ0v) is 16.6. The SMILES string of the molecule is CC(C)(C)c1cc(C(=O)NC2CCC(F)(F)CC2)cc(N2CCNCC2)c1. The summed E-state index contributed by atoms with van der Waals surface area (Å²) in [5.41, 5.74) is 2.71. The molecular weight excluding hydrogens is 348 g/mol. The maximum Gasteiger partial charge on any atom is 0.251 e. The highest BCUT2D eigenvalue weighted by molar-refractivity contribution is 5.95. The third-order valence-corrected chi connectivity index (χ3v) is 5.58. The van der Waals surface area contributed by atoms with Gasteiger partial charge >= 0.3 is 0 Å². The third kappa shape index (κ3) is 5.18. The number of carbonyl (C=O) groups excluding carboxylic acids is 1. The molecule has 1 saturated carbocycles. The second-order valence-corrected chi connectivity index (χ2v) is 8.86. The predicted molar refractivity (Wildman–Crippen MR) is 105 cm³/mol. The molecule has 1 aromatic rings. The standard InChI is InChI=1S/C21H31F2N3O/c1-20(2,3)16-12-15(13-18(14-16)26-10-8-24-9-11-26)19(27)25-17-4-6-21(22,23)7-5-17/h12-14,17,24H,4-11H2,1-3H3,(H,25,27). The Kier molecular flexibility index (Phi) is 5.75. The Morgan fingerprint density at radius 3 is 2.37 bits per heavy atom. The van der Waals surface area contributed by atoms with Crippen LogP contribution in [0, 0.1) is 0 Å². The lowest BCUT2D eigenvalue weighted by molar-refractivity contribution is -0.0399. The smallest absolute Gasteiger partial charge is 0.251 e. The molecule has 0 bridgehead atoms. The summed E-state index contributed by atoms with van der Waals surface area (Å²) in [5.74, 6) is -2.74. The molecule has 6 heteroatoms. The average Bonchev–Trinajstić information content (AvgIpc) is 2.63. The van der Waals surface area contributed by atoms with Gasteiger partial charge in [0.05, 0.1) is 0 Å². The Morgan fingerprint density at radius 1 is 1.15 bits per heavy atom. The number of rotatable bonds is 3. The number of nitrogens with zero attached hydrogens (tertiary/aromatic N) is 1. The minimum absolute atomic E-state index is 0.0774. The van der Waals surface area contributed by atoms with Crippen molar-refractivity contribution in [3.05, 3.63) is 29.3 Å². The van der Waals surface area contributed by atoms with Crippen molar-refractivity contribution >= 4 is 11.6 Å². The summed E-state index contributed by atoms with van der Waals surface area (Å²) in [6, 6.07) is 5.88. The van der Waals surface area contributed by atoms with Gasteiger partial charge in [-0.1, -0.05) is 20.8 Å². The van der Waals surface area contributed by atoms with Gasteiger partial charge < -0.3 is 15.5 Å². The Bertz CT molecular complexity index is 668. The molecule has 1 heterocycles. The Labute approximate surface area is 160 Å². The molecule has 4 nitrogen and oxygen atoms in total. The quantitative estimate of drug-likeness (QED) is 0.842. The molecule has 0 atom stereocenters. The summed E-state index contributed by atoms with van der Waals surface area (Å²) in [5, 5.41) is 6.32. The Hall–Kier alpha value is -1.69. The number of anilines is 1. The molecule has 0 spiro atoms. The van der Waals surface area contributed by atoms with Crippen molar-refractivity contribution in [2.24, 2.45) is 0 Å². The van der Waals surface area contributed by atoms with Gasteiger partial charge in [-0.3, -0.25) is 4.79 Å². The molecule has 0 radical (unpaired) electrons. The molecule has 3 rings (SSSR count). The summed E-state index contributed by atoms with van der Waals surface area (Å²) in [6.07, 6.45) is 0.378. The van der Waals surface area contributed by atoms with Crippen LogP contribution in [0.1, 0.15) is 62.4 Å². The Balaban J connectivity index is 1.79. The number of benzene rings is 1. The second kappa shape index (κ2) is 7.74. The number of carbonyl (C=O) groups is 1. The summed E-state index contributed by atoms with van der Waals surface area (Å²) >= 11 is 0. The average molecular weight is 379 g/mol. The molecule has 1 aliphatic heterocycles. The van der Waals surface area contributed by atoms with Crippen molar-refractivity contribution in [1.29, 1.82) is 0 Å². The first kappa shape index (κ1) is 20.1. The highest BCUT2D eigenvalue weighted by atomic mass is 19.3. The van der Waals surface area contributed by atoms with E-state index in [1.54, 1.807) is 0 Å². The van der Waals surface area contributed by atoms with Gasteiger partial charge in [0.25, 0.3) is 5.91 Å². The van der Waals surface area contributed by atoms with Crippen LogP contribution in [0.5, 0.6) is 0 Å². The zero-order chi connectivity index (χ0) is 19.7. The van der Waals surface area contributed by atoms with Crippen LogP contribution in [0.25, 0.3) is 0 Å². The number of alkyl halides is 2. The van der Waals surface area contributed by atoms with Crippen LogP contribution < -0.4 is 15.5 Å². The molecule has 1 saturated heterocycles. The van der Waals surface area contributed by atoms with Crippen molar-refractivity contribution in [3.8, 4) is 0 Å². The van der Waals surface area contributed by atoms with E-state index in [4.69, 9.17) is 0 Å². The molecule has 27 heavy (non-hydrogen) atoms. The summed E-state index contributed by atoms with van der Waals surface area (Å²) < 4.78 is 26.7. The molecule has 1 aromatic carbocycles. The van der Waals surface area contributed by atoms with Gasteiger partial charge in [-0.05, 0) is 42.0 Å². The molecule has 0 aromatic heterocycles. The van der Waals surface area contributed by atoms with Crippen molar-refractivity contribution in [2.45, 2.75) is 63.8 Å². The van der Waals surface area contributed by atoms with Crippen molar-refractivity contribution in [3.63, 3.8) is 0 Å². The molecule has 2 aliphatic rings. The predicted octanol–water partition coefficient (Wildman–Crippen LogP) is 3.70. The van der Waals surface area contributed by atoms with Crippen molar-refractivity contribution < 1.29 is 13.6 Å². The fourth-order valence-corrected chi connectivity index (χ4v) is 3.73. The van der Waals surface area contributed by atoms with Crippen LogP contribution in [0.15, 0.2) is 18.2 Å². The molecule has 2 fully saturated rings. The third-order valence-electron chi connectivity index (χ3n) is 5.58.